The van der Waals surface area contributed by atoms with Gasteiger partial charge in [0.2, 0.25) is 0 Å². The van der Waals surface area contributed by atoms with Gasteiger partial charge < -0.3 is 15.0 Å². The van der Waals surface area contributed by atoms with Crippen LogP contribution in [0.25, 0.3) is 11.3 Å². The van der Waals surface area contributed by atoms with E-state index < -0.39 is 5.92 Å². The van der Waals surface area contributed by atoms with Crippen molar-refractivity contribution in [3.05, 3.63) is 57.2 Å². The molecule has 3 heterocycles. The van der Waals surface area contributed by atoms with Crippen molar-refractivity contribution in [1.29, 1.82) is 0 Å². The number of hydrogen-bond donors (Lipinski definition) is 1. The Balaban J connectivity index is 1.43. The lowest BCUT2D eigenvalue weighted by Crippen LogP contribution is -2.37. The Morgan fingerprint density at radius 3 is 2.75 bits per heavy atom. The quantitative estimate of drug-likeness (QED) is 0.440. The van der Waals surface area contributed by atoms with Crippen LogP contribution >= 0.6 is 23.2 Å². The van der Waals surface area contributed by atoms with E-state index in [2.05, 4.69) is 20.4 Å². The maximum atomic E-state index is 13.8. The average molecular weight is 537 g/mol. The fraction of sp³-hybridized carbons (Fsp3) is 0.417. The number of carbonyl (C=O) groups excluding carboxylic acids is 1. The van der Waals surface area contributed by atoms with Gasteiger partial charge in [-0.2, -0.15) is 13.9 Å². The summed E-state index contributed by atoms with van der Waals surface area (Å²) in [5.41, 5.74) is 2.38. The highest BCUT2D eigenvalue weighted by Gasteiger charge is 2.33. The lowest BCUT2D eigenvalue weighted by atomic mass is 10.0. The molecular formula is C24H24Cl2F2N6O2. The molecule has 36 heavy (non-hydrogen) atoms. The zero-order chi connectivity index (χ0) is 25.6. The molecule has 12 heteroatoms. The Kier molecular flexibility index (Phi) is 6.50. The summed E-state index contributed by atoms with van der Waals surface area (Å²) >= 11 is 12.9. The molecule has 0 saturated heterocycles. The molecule has 1 aliphatic carbocycles. The molecule has 3 aromatic rings. The molecule has 0 unspecified atom stereocenters. The van der Waals surface area contributed by atoms with Crippen molar-refractivity contribution < 1.29 is 18.3 Å². The minimum Gasteiger partial charge on any atom is -0.491 e. The number of halogens is 4. The molecule has 5 rings (SSSR count). The van der Waals surface area contributed by atoms with Crippen LogP contribution in [0.1, 0.15) is 42.5 Å². The second-order valence-corrected chi connectivity index (χ2v) is 9.91. The molecule has 2 amide bonds. The Morgan fingerprint density at radius 1 is 1.25 bits per heavy atom. The molecule has 190 valence electrons. The van der Waals surface area contributed by atoms with Gasteiger partial charge in [0.25, 0.3) is 5.92 Å². The second kappa shape index (κ2) is 9.48. The standard InChI is InChI=1S/C24H24Cl2F2N6O2/c1-13-30-18-12-33(23(35)32-15-3-4-15)11-16(18)22(31-13)21-17(26)9-14(25)10-19(21)36-8-7-34-20(5-6-29-34)24(2,27)28/h5-6,9-10,15H,3-4,7-8,11-12H2,1-2H3,(H,32,35). The normalized spacial score (nSPS) is 15.2. The van der Waals surface area contributed by atoms with Crippen molar-refractivity contribution in [1.82, 2.24) is 30.0 Å². The molecule has 0 radical (unpaired) electrons. The van der Waals surface area contributed by atoms with E-state index in [0.29, 0.717) is 46.0 Å². The Morgan fingerprint density at radius 2 is 2.03 bits per heavy atom. The molecule has 1 fully saturated rings. The van der Waals surface area contributed by atoms with Crippen LogP contribution in [0.15, 0.2) is 24.4 Å². The van der Waals surface area contributed by atoms with Gasteiger partial charge in [-0.05, 0) is 38.0 Å². The van der Waals surface area contributed by atoms with Crippen LogP contribution in [0, 0.1) is 6.92 Å². The van der Waals surface area contributed by atoms with Crippen molar-refractivity contribution in [3.63, 3.8) is 0 Å². The largest absolute Gasteiger partial charge is 0.491 e. The molecule has 0 bridgehead atoms. The number of fused-ring (bicyclic) bond motifs is 1. The Bertz CT molecular complexity index is 1320. The van der Waals surface area contributed by atoms with Crippen LogP contribution in [0.3, 0.4) is 0 Å². The predicted octanol–water partition coefficient (Wildman–Crippen LogP) is 5.33. The molecule has 2 aromatic heterocycles. The third kappa shape index (κ3) is 5.10. The van der Waals surface area contributed by atoms with Crippen LogP contribution in [0.4, 0.5) is 13.6 Å². The first-order valence-corrected chi connectivity index (χ1v) is 12.3. The number of benzene rings is 1. The summed E-state index contributed by atoms with van der Waals surface area (Å²) in [6.45, 7) is 3.40. The SMILES string of the molecule is Cc1nc2c(c(-c3c(Cl)cc(Cl)cc3OCCn3nccc3C(C)(F)F)n1)CN(C(=O)NC1CC1)C2. The minimum absolute atomic E-state index is 0.0383. The van der Waals surface area contributed by atoms with Gasteiger partial charge in [-0.25, -0.2) is 14.8 Å². The maximum Gasteiger partial charge on any atom is 0.318 e. The third-order valence-corrected chi connectivity index (χ3v) is 6.59. The number of aryl methyl sites for hydroxylation is 1. The summed E-state index contributed by atoms with van der Waals surface area (Å²) < 4.78 is 34.9. The zero-order valence-electron chi connectivity index (χ0n) is 19.7. The van der Waals surface area contributed by atoms with Crippen LogP contribution in [0.2, 0.25) is 10.0 Å². The number of hydrogen-bond acceptors (Lipinski definition) is 5. The second-order valence-electron chi connectivity index (χ2n) is 9.06. The summed E-state index contributed by atoms with van der Waals surface area (Å²) in [6, 6.07) is 4.57. The number of amides is 2. The van der Waals surface area contributed by atoms with Gasteiger partial charge in [-0.15, -0.1) is 0 Å². The number of carbonyl (C=O) groups is 1. The smallest absolute Gasteiger partial charge is 0.318 e. The van der Waals surface area contributed by atoms with Crippen molar-refractivity contribution in [2.24, 2.45) is 0 Å². The summed E-state index contributed by atoms with van der Waals surface area (Å²) in [7, 11) is 0. The number of nitrogens with zero attached hydrogens (tertiary/aromatic N) is 5. The summed E-state index contributed by atoms with van der Waals surface area (Å²) in [5.74, 6) is -2.15. The number of nitrogens with one attached hydrogen (secondary N) is 1. The van der Waals surface area contributed by atoms with Gasteiger partial charge in [0.1, 0.15) is 23.9 Å². The number of rotatable bonds is 7. The molecular weight excluding hydrogens is 513 g/mol. The number of urea groups is 1. The summed E-state index contributed by atoms with van der Waals surface area (Å²) in [4.78, 5) is 23.5. The average Bonchev–Trinajstić information content (AvgIpc) is 3.28. The zero-order valence-corrected chi connectivity index (χ0v) is 21.2. The molecule has 0 spiro atoms. The van der Waals surface area contributed by atoms with Crippen LogP contribution in [0.5, 0.6) is 5.75 Å². The van der Waals surface area contributed by atoms with E-state index in [1.54, 1.807) is 24.0 Å². The van der Waals surface area contributed by atoms with Gasteiger partial charge in [0.05, 0.1) is 41.6 Å². The predicted molar refractivity (Wildman–Crippen MR) is 130 cm³/mol. The topological polar surface area (TPSA) is 85.2 Å². The van der Waals surface area contributed by atoms with Gasteiger partial charge in [-0.3, -0.25) is 4.68 Å². The first kappa shape index (κ1) is 24.7. The van der Waals surface area contributed by atoms with E-state index in [0.717, 1.165) is 31.0 Å². The van der Waals surface area contributed by atoms with Crippen LogP contribution in [-0.4, -0.2) is 43.3 Å². The lowest BCUT2D eigenvalue weighted by molar-refractivity contribution is 0.00718. The van der Waals surface area contributed by atoms with E-state index in [1.165, 1.54) is 16.9 Å². The number of aromatic nitrogens is 4. The lowest BCUT2D eigenvalue weighted by Gasteiger charge is -2.18. The highest BCUT2D eigenvalue weighted by atomic mass is 35.5. The van der Waals surface area contributed by atoms with Gasteiger partial charge in [0, 0.05) is 29.7 Å². The third-order valence-electron chi connectivity index (χ3n) is 6.07. The van der Waals surface area contributed by atoms with E-state index in [9.17, 15) is 13.6 Å². The minimum atomic E-state index is -3.03. The van der Waals surface area contributed by atoms with Crippen molar-refractivity contribution in [2.75, 3.05) is 6.61 Å². The number of ether oxygens (including phenoxy) is 1. The Hall–Kier alpha value is -2.98. The van der Waals surface area contributed by atoms with Crippen LogP contribution in [-0.2, 0) is 25.6 Å². The van der Waals surface area contributed by atoms with E-state index in [-0.39, 0.29) is 30.9 Å². The van der Waals surface area contributed by atoms with Gasteiger partial charge in [-0.1, -0.05) is 23.2 Å². The fourth-order valence-corrected chi connectivity index (χ4v) is 4.81. The van der Waals surface area contributed by atoms with Crippen LogP contribution < -0.4 is 10.1 Å². The molecule has 0 atom stereocenters. The Labute approximate surface area is 216 Å². The van der Waals surface area contributed by atoms with E-state index in [1.807, 2.05) is 0 Å². The van der Waals surface area contributed by atoms with E-state index >= 15 is 0 Å². The molecule has 1 aromatic carbocycles. The fourth-order valence-electron chi connectivity index (χ4n) is 4.24. The molecule has 1 saturated carbocycles. The van der Waals surface area contributed by atoms with Crippen molar-refractivity contribution in [2.45, 2.75) is 58.3 Å². The first-order valence-electron chi connectivity index (χ1n) is 11.5. The summed E-state index contributed by atoms with van der Waals surface area (Å²) in [5, 5.41) is 7.65. The molecule has 2 aliphatic rings. The van der Waals surface area contributed by atoms with Crippen molar-refractivity contribution >= 4 is 29.2 Å². The van der Waals surface area contributed by atoms with E-state index in [4.69, 9.17) is 27.9 Å². The molecule has 1 N–H and O–H groups in total. The summed E-state index contributed by atoms with van der Waals surface area (Å²) in [6.07, 6.45) is 3.31. The highest BCUT2D eigenvalue weighted by molar-refractivity contribution is 6.37. The van der Waals surface area contributed by atoms with Crippen molar-refractivity contribution in [3.8, 4) is 17.0 Å². The highest BCUT2D eigenvalue weighted by Crippen LogP contribution is 2.42. The number of alkyl halides is 2. The molecule has 1 aliphatic heterocycles. The van der Waals surface area contributed by atoms with Gasteiger partial charge in [0.15, 0.2) is 0 Å². The molecule has 8 nitrogen and oxygen atoms in total. The van der Waals surface area contributed by atoms with Gasteiger partial charge >= 0.3 is 6.03 Å². The first-order chi connectivity index (χ1) is 17.1. The maximum absolute atomic E-state index is 13.8. The monoisotopic (exact) mass is 536 g/mol.